The molecule has 0 radical (unpaired) electrons. The molecule has 1 saturated heterocycles. The van der Waals surface area contributed by atoms with Gasteiger partial charge in [-0.05, 0) is 73.1 Å². The normalized spacial score (nSPS) is 35.9. The topological polar surface area (TPSA) is 97.4 Å². The molecule has 1 saturated carbocycles. The van der Waals surface area contributed by atoms with E-state index in [0.717, 1.165) is 12.8 Å². The summed E-state index contributed by atoms with van der Waals surface area (Å²) in [5.41, 5.74) is -1.62. The maximum atomic E-state index is 13.1. The summed E-state index contributed by atoms with van der Waals surface area (Å²) in [6.45, 7) is 12.1. The van der Waals surface area contributed by atoms with E-state index in [1.807, 2.05) is 0 Å². The number of carbonyl (C=O) groups is 3. The number of hydrogen-bond acceptors (Lipinski definition) is 8. The van der Waals surface area contributed by atoms with E-state index in [-0.39, 0.29) is 17.8 Å². The van der Waals surface area contributed by atoms with E-state index >= 15 is 0 Å². The molecule has 0 amide bonds. The first-order chi connectivity index (χ1) is 15.2. The summed E-state index contributed by atoms with van der Waals surface area (Å²) in [6, 6.07) is 0. The summed E-state index contributed by atoms with van der Waals surface area (Å²) in [6.07, 6.45) is 1.19. The Kier molecular flexibility index (Phi) is 7.30. The third-order valence-electron chi connectivity index (χ3n) is 6.50. The zero-order valence-corrected chi connectivity index (χ0v) is 21.0. The fraction of sp³-hybridized carbons (Fsp3) is 0.800. The molecule has 0 aromatic carbocycles. The van der Waals surface area contributed by atoms with Gasteiger partial charge in [-0.15, -0.1) is 0 Å². The largest absolute Gasteiger partial charge is 0.455 e. The lowest BCUT2D eigenvalue weighted by Crippen LogP contribution is -2.62. The summed E-state index contributed by atoms with van der Waals surface area (Å²) in [4.78, 5) is 38.7. The minimum absolute atomic E-state index is 0.166. The third kappa shape index (κ3) is 5.60. The molecule has 8 heteroatoms. The van der Waals surface area contributed by atoms with Crippen LogP contribution in [-0.2, 0) is 38.1 Å². The van der Waals surface area contributed by atoms with Gasteiger partial charge in [0.05, 0.1) is 22.9 Å². The molecule has 0 spiro atoms. The average molecular weight is 467 g/mol. The highest BCUT2D eigenvalue weighted by molar-refractivity contribution is 5.77. The average Bonchev–Trinajstić information content (AvgIpc) is 3.34. The molecule has 0 aromatic heterocycles. The van der Waals surface area contributed by atoms with E-state index in [1.54, 1.807) is 48.5 Å². The second-order valence-corrected chi connectivity index (χ2v) is 11.5. The number of rotatable bonds is 5. The molecule has 33 heavy (non-hydrogen) atoms. The SMILES string of the molecule is CO[C@H]1O[C@H](C)[C@@H](OC(=O)[C@@H]2C[C@@H]3C=C[C@H]2C3)[C@H](OC(=O)C(C)(C)C)[C@H]1OC(=O)C(C)(C)C. The predicted octanol–water partition coefficient (Wildman–Crippen LogP) is 3.42. The monoisotopic (exact) mass is 466 g/mol. The Bertz CT molecular complexity index is 789. The Morgan fingerprint density at radius 1 is 0.818 bits per heavy atom. The summed E-state index contributed by atoms with van der Waals surface area (Å²) in [7, 11) is 1.42. The van der Waals surface area contributed by atoms with Gasteiger partial charge in [0.1, 0.15) is 0 Å². The van der Waals surface area contributed by atoms with Crippen molar-refractivity contribution in [2.75, 3.05) is 7.11 Å². The number of methoxy groups -OCH3 is 1. The van der Waals surface area contributed by atoms with Crippen LogP contribution in [0.5, 0.6) is 0 Å². The van der Waals surface area contributed by atoms with Crippen molar-refractivity contribution >= 4 is 17.9 Å². The van der Waals surface area contributed by atoms with Gasteiger partial charge in [-0.2, -0.15) is 0 Å². The molecule has 1 heterocycles. The Balaban J connectivity index is 1.88. The molecular weight excluding hydrogens is 428 g/mol. The van der Waals surface area contributed by atoms with Crippen molar-refractivity contribution in [3.05, 3.63) is 12.2 Å². The molecular formula is C25H38O8. The van der Waals surface area contributed by atoms with E-state index in [4.69, 9.17) is 23.7 Å². The minimum Gasteiger partial charge on any atom is -0.455 e. The number of allylic oxidation sites excluding steroid dienone is 2. The third-order valence-corrected chi connectivity index (χ3v) is 6.50. The Hall–Kier alpha value is -1.93. The highest BCUT2D eigenvalue weighted by Crippen LogP contribution is 2.44. The molecule has 8 atom stereocenters. The van der Waals surface area contributed by atoms with Crippen LogP contribution < -0.4 is 0 Å². The molecule has 3 rings (SSSR count). The van der Waals surface area contributed by atoms with E-state index in [9.17, 15) is 14.4 Å². The van der Waals surface area contributed by atoms with Crippen LogP contribution in [0.15, 0.2) is 12.2 Å². The fourth-order valence-corrected chi connectivity index (χ4v) is 4.46. The first-order valence-electron chi connectivity index (χ1n) is 11.7. The second kappa shape index (κ2) is 9.37. The van der Waals surface area contributed by atoms with Crippen LogP contribution in [0.3, 0.4) is 0 Å². The first kappa shape index (κ1) is 25.7. The lowest BCUT2D eigenvalue weighted by molar-refractivity contribution is -0.298. The van der Waals surface area contributed by atoms with Crippen LogP contribution in [0.4, 0.5) is 0 Å². The van der Waals surface area contributed by atoms with E-state index < -0.39 is 53.5 Å². The number of hydrogen-bond donors (Lipinski definition) is 0. The van der Waals surface area contributed by atoms with Gasteiger partial charge in [-0.1, -0.05) is 12.2 Å². The molecule has 1 aliphatic heterocycles. The molecule has 3 aliphatic rings. The van der Waals surface area contributed by atoms with Crippen LogP contribution in [0.1, 0.15) is 61.3 Å². The van der Waals surface area contributed by atoms with Gasteiger partial charge in [0.25, 0.3) is 0 Å². The van der Waals surface area contributed by atoms with Crippen molar-refractivity contribution in [3.63, 3.8) is 0 Å². The quantitative estimate of drug-likeness (QED) is 0.345. The molecule has 0 unspecified atom stereocenters. The van der Waals surface area contributed by atoms with Gasteiger partial charge >= 0.3 is 17.9 Å². The van der Waals surface area contributed by atoms with Gasteiger partial charge in [-0.3, -0.25) is 14.4 Å². The fourth-order valence-electron chi connectivity index (χ4n) is 4.46. The number of ether oxygens (including phenoxy) is 5. The van der Waals surface area contributed by atoms with Gasteiger partial charge in [0, 0.05) is 7.11 Å². The summed E-state index contributed by atoms with van der Waals surface area (Å²) in [5, 5.41) is 0. The van der Waals surface area contributed by atoms with E-state index in [1.165, 1.54) is 7.11 Å². The summed E-state index contributed by atoms with van der Waals surface area (Å²) >= 11 is 0. The minimum atomic E-state index is -1.10. The van der Waals surface area contributed by atoms with Crippen LogP contribution in [-0.4, -0.2) is 55.7 Å². The van der Waals surface area contributed by atoms with Crippen LogP contribution in [0.2, 0.25) is 0 Å². The molecule has 8 nitrogen and oxygen atoms in total. The van der Waals surface area contributed by atoms with Gasteiger partial charge in [-0.25, -0.2) is 0 Å². The standard InChI is InChI=1S/C25H38O8/c1-13-17(31-20(26)16-12-14-9-10-15(16)11-14)18(32-22(27)24(2,3)4)19(21(29-8)30-13)33-23(28)25(5,6)7/h9-10,13-19,21H,11-12H2,1-8H3/t13-,14-,15+,16-,17-,18+,19-,21+/m1/s1. The lowest BCUT2D eigenvalue weighted by atomic mass is 9.92. The number of fused-ring (bicyclic) bond motifs is 2. The number of esters is 3. The zero-order chi connectivity index (χ0) is 24.7. The predicted molar refractivity (Wildman–Crippen MR) is 119 cm³/mol. The Labute approximate surface area is 196 Å². The highest BCUT2D eigenvalue weighted by Gasteiger charge is 2.53. The van der Waals surface area contributed by atoms with Gasteiger partial charge in [0.15, 0.2) is 24.6 Å². The van der Waals surface area contributed by atoms with Crippen LogP contribution >= 0.6 is 0 Å². The molecule has 2 aliphatic carbocycles. The van der Waals surface area contributed by atoms with Crippen molar-refractivity contribution < 1.29 is 38.1 Å². The van der Waals surface area contributed by atoms with Gasteiger partial charge in [0.2, 0.25) is 0 Å². The first-order valence-corrected chi connectivity index (χ1v) is 11.7. The lowest BCUT2D eigenvalue weighted by Gasteiger charge is -2.44. The van der Waals surface area contributed by atoms with E-state index in [0.29, 0.717) is 5.92 Å². The maximum Gasteiger partial charge on any atom is 0.311 e. The second-order valence-electron chi connectivity index (χ2n) is 11.5. The van der Waals surface area contributed by atoms with Crippen molar-refractivity contribution in [2.24, 2.45) is 28.6 Å². The van der Waals surface area contributed by atoms with Crippen LogP contribution in [0, 0.1) is 28.6 Å². The molecule has 2 bridgehead atoms. The van der Waals surface area contributed by atoms with Crippen molar-refractivity contribution in [2.45, 2.75) is 92.0 Å². The highest BCUT2D eigenvalue weighted by atomic mass is 16.7. The van der Waals surface area contributed by atoms with Crippen molar-refractivity contribution in [1.82, 2.24) is 0 Å². The smallest absolute Gasteiger partial charge is 0.311 e. The summed E-state index contributed by atoms with van der Waals surface area (Å²) in [5.74, 6) is -1.02. The Morgan fingerprint density at radius 2 is 1.39 bits per heavy atom. The maximum absolute atomic E-state index is 13.1. The van der Waals surface area contributed by atoms with Gasteiger partial charge < -0.3 is 23.7 Å². The number of carbonyl (C=O) groups excluding carboxylic acids is 3. The zero-order valence-electron chi connectivity index (χ0n) is 21.0. The van der Waals surface area contributed by atoms with Crippen molar-refractivity contribution in [1.29, 1.82) is 0 Å². The van der Waals surface area contributed by atoms with E-state index in [2.05, 4.69) is 12.2 Å². The summed E-state index contributed by atoms with van der Waals surface area (Å²) < 4.78 is 28.9. The molecule has 2 fully saturated rings. The molecule has 0 aromatic rings. The molecule has 0 N–H and O–H groups in total. The molecule has 186 valence electrons. The van der Waals surface area contributed by atoms with Crippen LogP contribution in [0.25, 0.3) is 0 Å². The Morgan fingerprint density at radius 3 is 1.85 bits per heavy atom. The van der Waals surface area contributed by atoms with Crippen molar-refractivity contribution in [3.8, 4) is 0 Å².